The summed E-state index contributed by atoms with van der Waals surface area (Å²) in [7, 11) is 0. The molecular formula is C24H18N3O5-. The molecule has 0 radical (unpaired) electrons. The van der Waals surface area contributed by atoms with E-state index in [1.54, 1.807) is 42.5 Å². The molecule has 0 saturated heterocycles. The van der Waals surface area contributed by atoms with Crippen molar-refractivity contribution in [2.75, 3.05) is 6.61 Å². The Morgan fingerprint density at radius 3 is 2.38 bits per heavy atom. The summed E-state index contributed by atoms with van der Waals surface area (Å²) in [5.41, 5.74) is 0.929. The molecule has 0 aliphatic rings. The predicted octanol–water partition coefficient (Wildman–Crippen LogP) is 1.99. The number of ether oxygens (including phenoxy) is 2. The largest absolute Gasteiger partial charge is 0.546 e. The molecule has 0 bridgehead atoms. The monoisotopic (exact) mass is 428 g/mol. The van der Waals surface area contributed by atoms with Crippen LogP contribution < -0.4 is 20.1 Å². The van der Waals surface area contributed by atoms with E-state index in [2.05, 4.69) is 10.1 Å². The maximum Gasteiger partial charge on any atom is 0.282 e. The normalized spacial score (nSPS) is 11.0. The van der Waals surface area contributed by atoms with Crippen molar-refractivity contribution < 1.29 is 19.4 Å². The molecule has 8 nitrogen and oxygen atoms in total. The summed E-state index contributed by atoms with van der Waals surface area (Å²) in [5.74, 6) is 0.0807. The van der Waals surface area contributed by atoms with Crippen LogP contribution in [0.3, 0.4) is 0 Å². The summed E-state index contributed by atoms with van der Waals surface area (Å²) < 4.78 is 12.1. The Morgan fingerprint density at radius 1 is 0.938 bits per heavy atom. The van der Waals surface area contributed by atoms with Gasteiger partial charge in [0.15, 0.2) is 5.82 Å². The van der Waals surface area contributed by atoms with Gasteiger partial charge in [-0.15, -0.1) is 0 Å². The molecule has 32 heavy (non-hydrogen) atoms. The molecule has 0 aliphatic heterocycles. The lowest BCUT2D eigenvalue weighted by atomic mass is 10.2. The van der Waals surface area contributed by atoms with Gasteiger partial charge in [-0.2, -0.15) is 9.78 Å². The van der Waals surface area contributed by atoms with Gasteiger partial charge in [0.05, 0.1) is 23.1 Å². The van der Waals surface area contributed by atoms with Gasteiger partial charge in [0.1, 0.15) is 24.7 Å². The van der Waals surface area contributed by atoms with Crippen molar-refractivity contribution in [3.05, 3.63) is 101 Å². The number of benzene rings is 3. The van der Waals surface area contributed by atoms with Gasteiger partial charge in [0.25, 0.3) is 5.56 Å². The predicted molar refractivity (Wildman–Crippen MR) is 117 cm³/mol. The molecule has 0 unspecified atom stereocenters. The van der Waals surface area contributed by atoms with E-state index < -0.39 is 12.6 Å². The van der Waals surface area contributed by atoms with Gasteiger partial charge < -0.3 is 19.4 Å². The molecule has 1 heterocycles. The topological polar surface area (TPSA) is 106 Å². The van der Waals surface area contributed by atoms with Gasteiger partial charge in [-0.05, 0) is 54.1 Å². The number of aliphatic carboxylic acids is 1. The number of carbonyl (C=O) groups is 1. The van der Waals surface area contributed by atoms with Crippen LogP contribution in [-0.2, 0) is 11.4 Å². The van der Waals surface area contributed by atoms with Crippen LogP contribution in [0.5, 0.6) is 11.5 Å². The number of carboxylic acid groups (broad SMARTS) is 1. The van der Waals surface area contributed by atoms with Crippen LogP contribution in [0.15, 0.2) is 88.8 Å². The average molecular weight is 428 g/mol. The second kappa shape index (κ2) is 9.57. The zero-order valence-electron chi connectivity index (χ0n) is 16.9. The lowest BCUT2D eigenvalue weighted by Gasteiger charge is -2.11. The first-order chi connectivity index (χ1) is 15.6. The fourth-order valence-electron chi connectivity index (χ4n) is 2.96. The molecule has 0 atom stereocenters. The number of rotatable bonds is 8. The number of aromatic nitrogens is 2. The minimum absolute atomic E-state index is 0.0530. The average Bonchev–Trinajstić information content (AvgIpc) is 2.82. The molecule has 0 spiro atoms. The minimum Gasteiger partial charge on any atom is -0.546 e. The third kappa shape index (κ3) is 4.99. The van der Waals surface area contributed by atoms with E-state index in [1.807, 2.05) is 36.4 Å². The Labute approximate surface area is 183 Å². The van der Waals surface area contributed by atoms with Crippen LogP contribution >= 0.6 is 0 Å². The lowest BCUT2D eigenvalue weighted by Crippen LogP contribution is -2.28. The Morgan fingerprint density at radius 2 is 1.62 bits per heavy atom. The van der Waals surface area contributed by atoms with E-state index in [4.69, 9.17) is 9.47 Å². The third-order valence-corrected chi connectivity index (χ3v) is 4.49. The molecule has 160 valence electrons. The smallest absolute Gasteiger partial charge is 0.282 e. The van der Waals surface area contributed by atoms with E-state index in [0.717, 1.165) is 0 Å². The van der Waals surface area contributed by atoms with Crippen LogP contribution in [0.4, 0.5) is 0 Å². The molecule has 4 rings (SSSR count). The van der Waals surface area contributed by atoms with Crippen LogP contribution in [0.25, 0.3) is 10.9 Å². The fourth-order valence-corrected chi connectivity index (χ4v) is 2.96. The van der Waals surface area contributed by atoms with Crippen LogP contribution in [0, 0.1) is 0 Å². The van der Waals surface area contributed by atoms with E-state index in [9.17, 15) is 14.7 Å². The van der Waals surface area contributed by atoms with Gasteiger partial charge in [0, 0.05) is 0 Å². The SMILES string of the molecule is O=C([O-])COc1ccc(/C=N/n2c(COc3ccccc3)nc3ccccc3c2=O)cc1. The van der Waals surface area contributed by atoms with Crippen molar-refractivity contribution in [2.24, 2.45) is 5.10 Å². The molecule has 4 aromatic rings. The number of fused-ring (bicyclic) bond motifs is 1. The quantitative estimate of drug-likeness (QED) is 0.398. The second-order valence-electron chi connectivity index (χ2n) is 6.74. The summed E-state index contributed by atoms with van der Waals surface area (Å²) in [6, 6.07) is 22.9. The summed E-state index contributed by atoms with van der Waals surface area (Å²) in [5, 5.41) is 15.3. The second-order valence-corrected chi connectivity index (χ2v) is 6.74. The summed E-state index contributed by atoms with van der Waals surface area (Å²) in [4.78, 5) is 28.1. The molecule has 0 amide bonds. The molecule has 0 saturated carbocycles. The van der Waals surface area contributed by atoms with Crippen LogP contribution in [0.2, 0.25) is 0 Å². The Balaban J connectivity index is 1.63. The van der Waals surface area contributed by atoms with E-state index in [1.165, 1.54) is 10.9 Å². The molecule has 0 fully saturated rings. The zero-order valence-corrected chi connectivity index (χ0v) is 16.9. The highest BCUT2D eigenvalue weighted by molar-refractivity contribution is 5.80. The highest BCUT2D eigenvalue weighted by Gasteiger charge is 2.11. The summed E-state index contributed by atoms with van der Waals surface area (Å²) in [6.45, 7) is -0.478. The first-order valence-electron chi connectivity index (χ1n) is 9.76. The third-order valence-electron chi connectivity index (χ3n) is 4.49. The van der Waals surface area contributed by atoms with Crippen molar-refractivity contribution in [1.82, 2.24) is 9.66 Å². The number of carboxylic acids is 1. The number of para-hydroxylation sites is 2. The Kier molecular flexibility index (Phi) is 6.22. The standard InChI is InChI=1S/C24H19N3O5/c28-23(29)16-32-19-12-10-17(11-13-19)14-25-27-22(15-31-18-6-2-1-3-7-18)26-21-9-5-4-8-20(21)24(27)30/h1-14H,15-16H2,(H,28,29)/p-1/b25-14+. The van der Waals surface area contributed by atoms with Crippen molar-refractivity contribution in [3.8, 4) is 11.5 Å². The maximum atomic E-state index is 13.1. The van der Waals surface area contributed by atoms with Crippen molar-refractivity contribution >= 4 is 23.1 Å². The highest BCUT2D eigenvalue weighted by Crippen LogP contribution is 2.14. The molecule has 0 N–H and O–H groups in total. The van der Waals surface area contributed by atoms with Gasteiger partial charge in [-0.25, -0.2) is 4.98 Å². The van der Waals surface area contributed by atoms with E-state index in [0.29, 0.717) is 33.8 Å². The number of nitrogens with zero attached hydrogens (tertiary/aromatic N) is 3. The van der Waals surface area contributed by atoms with Gasteiger partial charge >= 0.3 is 0 Å². The molecular weight excluding hydrogens is 410 g/mol. The summed E-state index contributed by atoms with van der Waals surface area (Å²) >= 11 is 0. The Hall–Kier alpha value is -4.46. The van der Waals surface area contributed by atoms with Crippen molar-refractivity contribution in [2.45, 2.75) is 6.61 Å². The maximum absolute atomic E-state index is 13.1. The fraction of sp³-hybridized carbons (Fsp3) is 0.0833. The number of carbonyl (C=O) groups excluding carboxylic acids is 1. The first-order valence-corrected chi connectivity index (χ1v) is 9.76. The molecule has 3 aromatic carbocycles. The minimum atomic E-state index is -1.30. The zero-order chi connectivity index (χ0) is 22.3. The van der Waals surface area contributed by atoms with Crippen LogP contribution in [0.1, 0.15) is 11.4 Å². The lowest BCUT2D eigenvalue weighted by molar-refractivity contribution is -0.307. The van der Waals surface area contributed by atoms with E-state index >= 15 is 0 Å². The van der Waals surface area contributed by atoms with Gasteiger partial charge in [-0.3, -0.25) is 4.79 Å². The molecule has 8 heteroatoms. The first kappa shape index (κ1) is 20.8. The molecule has 1 aromatic heterocycles. The molecule has 0 aliphatic carbocycles. The van der Waals surface area contributed by atoms with Crippen molar-refractivity contribution in [1.29, 1.82) is 0 Å². The highest BCUT2D eigenvalue weighted by atomic mass is 16.5. The van der Waals surface area contributed by atoms with Crippen molar-refractivity contribution in [3.63, 3.8) is 0 Å². The van der Waals surface area contributed by atoms with Crippen LogP contribution in [-0.4, -0.2) is 28.5 Å². The van der Waals surface area contributed by atoms with Gasteiger partial charge in [0.2, 0.25) is 0 Å². The van der Waals surface area contributed by atoms with E-state index in [-0.39, 0.29) is 12.2 Å². The number of hydrogen-bond donors (Lipinski definition) is 0. The van der Waals surface area contributed by atoms with Gasteiger partial charge in [-0.1, -0.05) is 30.3 Å². The summed E-state index contributed by atoms with van der Waals surface area (Å²) in [6.07, 6.45) is 1.51. The Bertz CT molecular complexity index is 1320. The number of hydrogen-bond acceptors (Lipinski definition) is 7.